The van der Waals surface area contributed by atoms with Crippen LogP contribution in [-0.2, 0) is 15.4 Å². The number of halogens is 1. The van der Waals surface area contributed by atoms with Crippen LogP contribution < -0.4 is 0 Å². The zero-order valence-electron chi connectivity index (χ0n) is 9.85. The van der Waals surface area contributed by atoms with E-state index in [2.05, 4.69) is 4.98 Å². The summed E-state index contributed by atoms with van der Waals surface area (Å²) in [5.41, 5.74) is -1.03. The molecule has 1 aromatic heterocycles. The fourth-order valence-corrected chi connectivity index (χ4v) is 2.20. The van der Waals surface area contributed by atoms with Crippen molar-refractivity contribution in [2.24, 2.45) is 0 Å². The van der Waals surface area contributed by atoms with Crippen LogP contribution in [0.15, 0.2) is 18.3 Å². The zero-order chi connectivity index (χ0) is 13.1. The van der Waals surface area contributed by atoms with Gasteiger partial charge in [0.15, 0.2) is 0 Å². The number of aliphatic hydroxyl groups is 1. The van der Waals surface area contributed by atoms with E-state index in [1.807, 2.05) is 0 Å². The molecule has 6 heteroatoms. The van der Waals surface area contributed by atoms with Gasteiger partial charge in [-0.2, -0.15) is 0 Å². The molecule has 1 N–H and O–H groups in total. The van der Waals surface area contributed by atoms with E-state index in [9.17, 15) is 17.9 Å². The molecule has 4 nitrogen and oxygen atoms in total. The van der Waals surface area contributed by atoms with Crippen LogP contribution in [0.2, 0.25) is 0 Å². The molecule has 0 saturated carbocycles. The third-order valence-electron chi connectivity index (χ3n) is 2.68. The summed E-state index contributed by atoms with van der Waals surface area (Å²) in [6.45, 7) is 1.73. The van der Waals surface area contributed by atoms with Gasteiger partial charge >= 0.3 is 0 Å². The normalized spacial score (nSPS) is 15.5. The first-order chi connectivity index (χ1) is 7.77. The molecule has 0 radical (unpaired) electrons. The minimum absolute atomic E-state index is 0.0565. The molecule has 0 bridgehead atoms. The van der Waals surface area contributed by atoms with E-state index in [1.54, 1.807) is 6.92 Å². The summed E-state index contributed by atoms with van der Waals surface area (Å²) in [6, 6.07) is 2.57. The maximum absolute atomic E-state index is 12.7. The van der Waals surface area contributed by atoms with Crippen LogP contribution in [0.3, 0.4) is 0 Å². The van der Waals surface area contributed by atoms with Crippen LogP contribution in [0.4, 0.5) is 4.39 Å². The van der Waals surface area contributed by atoms with Crippen molar-refractivity contribution in [1.29, 1.82) is 0 Å². The molecule has 0 fully saturated rings. The predicted octanol–water partition coefficient (Wildman–Crippen LogP) is 1.25. The highest BCUT2D eigenvalue weighted by molar-refractivity contribution is 7.90. The number of rotatable bonds is 5. The highest BCUT2D eigenvalue weighted by atomic mass is 32.2. The summed E-state index contributed by atoms with van der Waals surface area (Å²) in [6.07, 6.45) is 2.50. The lowest BCUT2D eigenvalue weighted by Gasteiger charge is -2.25. The highest BCUT2D eigenvalue weighted by Crippen LogP contribution is 2.27. The van der Waals surface area contributed by atoms with Crippen LogP contribution in [0, 0.1) is 5.82 Å². The lowest BCUT2D eigenvalue weighted by atomic mass is 9.93. The van der Waals surface area contributed by atoms with E-state index in [4.69, 9.17) is 0 Å². The van der Waals surface area contributed by atoms with Gasteiger partial charge in [-0.15, -0.1) is 0 Å². The van der Waals surface area contributed by atoms with Crippen molar-refractivity contribution in [1.82, 2.24) is 4.98 Å². The molecule has 0 amide bonds. The number of pyridine rings is 1. The van der Waals surface area contributed by atoms with Crippen molar-refractivity contribution in [3.05, 3.63) is 29.8 Å². The van der Waals surface area contributed by atoms with Gasteiger partial charge in [0.25, 0.3) is 0 Å². The lowest BCUT2D eigenvalue weighted by molar-refractivity contribution is 0.0247. The third kappa shape index (κ3) is 4.05. The summed E-state index contributed by atoms with van der Waals surface area (Å²) in [5.74, 6) is -0.619. The minimum atomic E-state index is -3.15. The maximum atomic E-state index is 12.7. The van der Waals surface area contributed by atoms with Crippen LogP contribution >= 0.6 is 0 Å². The Morgan fingerprint density at radius 2 is 2.12 bits per heavy atom. The second-order valence-corrected chi connectivity index (χ2v) is 6.39. The largest absolute Gasteiger partial charge is 0.384 e. The molecule has 1 heterocycles. The monoisotopic (exact) mass is 261 g/mol. The van der Waals surface area contributed by atoms with Crippen molar-refractivity contribution in [2.75, 3.05) is 12.0 Å². The van der Waals surface area contributed by atoms with E-state index < -0.39 is 21.3 Å². The number of hydrogen-bond donors (Lipinski definition) is 1. The molecule has 1 aromatic rings. The van der Waals surface area contributed by atoms with E-state index in [0.717, 1.165) is 12.5 Å². The molecule has 96 valence electrons. The van der Waals surface area contributed by atoms with Crippen LogP contribution in [0.25, 0.3) is 0 Å². The van der Waals surface area contributed by atoms with Crippen molar-refractivity contribution >= 4 is 9.84 Å². The molecule has 1 unspecified atom stereocenters. The number of sulfone groups is 1. The summed E-state index contributed by atoms with van der Waals surface area (Å²) >= 11 is 0. The van der Waals surface area contributed by atoms with Crippen molar-refractivity contribution in [3.8, 4) is 0 Å². The van der Waals surface area contributed by atoms with E-state index in [0.29, 0.717) is 12.1 Å². The number of aromatic nitrogens is 1. The van der Waals surface area contributed by atoms with Gasteiger partial charge in [0.05, 0.1) is 17.6 Å². The first-order valence-electron chi connectivity index (χ1n) is 5.29. The van der Waals surface area contributed by atoms with Crippen molar-refractivity contribution in [3.63, 3.8) is 0 Å². The Bertz CT molecular complexity index is 472. The predicted molar refractivity (Wildman–Crippen MR) is 62.7 cm³/mol. The Morgan fingerprint density at radius 1 is 1.47 bits per heavy atom. The highest BCUT2D eigenvalue weighted by Gasteiger charge is 2.29. The molecular weight excluding hydrogens is 245 g/mol. The SMILES string of the molecule is CCC(O)(CCS(C)(=O)=O)c1ccc(F)cn1. The third-order valence-corrected chi connectivity index (χ3v) is 3.62. The average molecular weight is 261 g/mol. The second-order valence-electron chi connectivity index (χ2n) is 4.13. The summed E-state index contributed by atoms with van der Waals surface area (Å²) in [4.78, 5) is 3.80. The van der Waals surface area contributed by atoms with E-state index in [-0.39, 0.29) is 12.2 Å². The number of hydrogen-bond acceptors (Lipinski definition) is 4. The Hall–Kier alpha value is -1.01. The first kappa shape index (κ1) is 14.1. The zero-order valence-corrected chi connectivity index (χ0v) is 10.7. The maximum Gasteiger partial charge on any atom is 0.147 e. The van der Waals surface area contributed by atoms with Crippen LogP contribution in [0.5, 0.6) is 0 Å². The van der Waals surface area contributed by atoms with Crippen molar-refractivity contribution < 1.29 is 17.9 Å². The van der Waals surface area contributed by atoms with Gasteiger partial charge in [-0.1, -0.05) is 6.92 Å². The van der Waals surface area contributed by atoms with E-state index >= 15 is 0 Å². The fraction of sp³-hybridized carbons (Fsp3) is 0.545. The minimum Gasteiger partial charge on any atom is -0.384 e. The summed E-state index contributed by atoms with van der Waals surface area (Å²) in [7, 11) is -3.15. The molecule has 0 aliphatic heterocycles. The molecule has 0 spiro atoms. The average Bonchev–Trinajstić information content (AvgIpc) is 2.26. The van der Waals surface area contributed by atoms with Crippen LogP contribution in [-0.4, -0.2) is 30.5 Å². The van der Waals surface area contributed by atoms with Gasteiger partial charge < -0.3 is 5.11 Å². The van der Waals surface area contributed by atoms with E-state index in [1.165, 1.54) is 12.1 Å². The fourth-order valence-electron chi connectivity index (χ4n) is 1.49. The summed E-state index contributed by atoms with van der Waals surface area (Å²) in [5, 5.41) is 10.3. The first-order valence-corrected chi connectivity index (χ1v) is 7.35. The second kappa shape index (κ2) is 5.10. The van der Waals surface area contributed by atoms with Gasteiger partial charge in [0.1, 0.15) is 21.3 Å². The Kier molecular flexibility index (Phi) is 4.21. The smallest absolute Gasteiger partial charge is 0.147 e. The molecule has 1 rings (SSSR count). The summed E-state index contributed by atoms with van der Waals surface area (Å²) < 4.78 is 34.9. The van der Waals surface area contributed by atoms with Gasteiger partial charge in [-0.05, 0) is 25.0 Å². The molecular formula is C11H16FNO3S. The molecule has 17 heavy (non-hydrogen) atoms. The molecule has 0 aromatic carbocycles. The molecule has 0 aliphatic carbocycles. The molecule has 0 saturated heterocycles. The van der Waals surface area contributed by atoms with Crippen molar-refractivity contribution in [2.45, 2.75) is 25.4 Å². The lowest BCUT2D eigenvalue weighted by Crippen LogP contribution is -2.29. The van der Waals surface area contributed by atoms with Gasteiger partial charge in [-0.3, -0.25) is 4.98 Å². The number of nitrogens with zero attached hydrogens (tertiary/aromatic N) is 1. The standard InChI is InChI=1S/C11H16FNO3S/c1-3-11(14,6-7-17(2,15)16)10-5-4-9(12)8-13-10/h4-5,8,14H,3,6-7H2,1-2H3. The van der Waals surface area contributed by atoms with Gasteiger partial charge in [0, 0.05) is 6.26 Å². The van der Waals surface area contributed by atoms with Gasteiger partial charge in [-0.25, -0.2) is 12.8 Å². The molecule has 0 aliphatic rings. The van der Waals surface area contributed by atoms with Gasteiger partial charge in [0.2, 0.25) is 0 Å². The Labute approximate surface area is 100 Å². The quantitative estimate of drug-likeness (QED) is 0.866. The Morgan fingerprint density at radius 3 is 2.53 bits per heavy atom. The molecule has 1 atom stereocenters. The topological polar surface area (TPSA) is 67.3 Å². The van der Waals surface area contributed by atoms with Crippen LogP contribution in [0.1, 0.15) is 25.5 Å². The Balaban J connectivity index is 2.91.